The average Bonchev–Trinajstić information content (AvgIpc) is 2.90. The van der Waals surface area contributed by atoms with Crippen molar-refractivity contribution >= 4 is 53.0 Å². The number of hydrogen-bond acceptors (Lipinski definition) is 4. The first-order chi connectivity index (χ1) is 9.67. The summed E-state index contributed by atoms with van der Waals surface area (Å²) >= 11 is 3.57. The molecule has 1 heterocycles. The van der Waals surface area contributed by atoms with E-state index in [1.165, 1.54) is 5.75 Å². The minimum atomic E-state index is 0. The van der Waals surface area contributed by atoms with E-state index in [9.17, 15) is 0 Å². The number of aromatic nitrogens is 1. The zero-order valence-corrected chi connectivity index (χ0v) is 17.3. The number of guanidine groups is 1. The molecule has 1 rings (SSSR count). The molecule has 0 fully saturated rings. The predicted octanol–water partition coefficient (Wildman–Crippen LogP) is 3.69. The van der Waals surface area contributed by atoms with E-state index in [1.54, 1.807) is 11.3 Å². The van der Waals surface area contributed by atoms with Crippen LogP contribution in [0.3, 0.4) is 0 Å². The van der Waals surface area contributed by atoms with Gasteiger partial charge in [0.15, 0.2) is 5.96 Å². The van der Waals surface area contributed by atoms with Gasteiger partial charge in [0.05, 0.1) is 12.2 Å². The van der Waals surface area contributed by atoms with E-state index in [-0.39, 0.29) is 24.0 Å². The van der Waals surface area contributed by atoms with Crippen molar-refractivity contribution in [1.29, 1.82) is 0 Å². The summed E-state index contributed by atoms with van der Waals surface area (Å²) in [6.07, 6.45) is 3.29. The SMILES string of the molecule is CCNC(=NCc1nc(C(C)C)cs1)NCCCSC.I. The van der Waals surface area contributed by atoms with Crippen LogP contribution in [0.1, 0.15) is 43.8 Å². The molecular weight excluding hydrogens is 415 g/mol. The van der Waals surface area contributed by atoms with Crippen LogP contribution >= 0.6 is 47.1 Å². The largest absolute Gasteiger partial charge is 0.357 e. The van der Waals surface area contributed by atoms with Gasteiger partial charge in [0.2, 0.25) is 0 Å². The fraction of sp³-hybridized carbons (Fsp3) is 0.714. The second-order valence-corrected chi connectivity index (χ2v) is 6.72. The second kappa shape index (κ2) is 12.5. The molecule has 0 atom stereocenters. The van der Waals surface area contributed by atoms with Crippen LogP contribution in [0.25, 0.3) is 0 Å². The van der Waals surface area contributed by atoms with Crippen molar-refractivity contribution in [2.45, 2.75) is 39.7 Å². The summed E-state index contributed by atoms with van der Waals surface area (Å²) in [5, 5.41) is 9.84. The normalized spacial score (nSPS) is 11.4. The van der Waals surface area contributed by atoms with Gasteiger partial charge in [-0.05, 0) is 31.3 Å². The Morgan fingerprint density at radius 1 is 1.43 bits per heavy atom. The highest BCUT2D eigenvalue weighted by atomic mass is 127. The Morgan fingerprint density at radius 3 is 2.76 bits per heavy atom. The van der Waals surface area contributed by atoms with E-state index in [4.69, 9.17) is 0 Å². The first-order valence-corrected chi connectivity index (χ1v) is 9.40. The third-order valence-corrected chi connectivity index (χ3v) is 4.24. The maximum atomic E-state index is 4.60. The van der Waals surface area contributed by atoms with Gasteiger partial charge in [0, 0.05) is 18.5 Å². The maximum absolute atomic E-state index is 4.60. The number of hydrogen-bond donors (Lipinski definition) is 2. The molecule has 122 valence electrons. The van der Waals surface area contributed by atoms with Gasteiger partial charge in [-0.3, -0.25) is 0 Å². The van der Waals surface area contributed by atoms with Crippen LogP contribution in [0, 0.1) is 0 Å². The van der Waals surface area contributed by atoms with Crippen LogP contribution in [-0.4, -0.2) is 36.0 Å². The zero-order chi connectivity index (χ0) is 14.8. The maximum Gasteiger partial charge on any atom is 0.191 e. The van der Waals surface area contributed by atoms with Gasteiger partial charge in [-0.1, -0.05) is 13.8 Å². The Hall–Kier alpha value is -0.0200. The van der Waals surface area contributed by atoms with Gasteiger partial charge in [0.25, 0.3) is 0 Å². The quantitative estimate of drug-likeness (QED) is 0.279. The van der Waals surface area contributed by atoms with Gasteiger partial charge < -0.3 is 10.6 Å². The molecule has 0 unspecified atom stereocenters. The fourth-order valence-corrected chi connectivity index (χ4v) is 2.89. The van der Waals surface area contributed by atoms with Crippen molar-refractivity contribution in [1.82, 2.24) is 15.6 Å². The Kier molecular flexibility index (Phi) is 12.5. The number of nitrogens with one attached hydrogen (secondary N) is 2. The predicted molar refractivity (Wildman–Crippen MR) is 107 cm³/mol. The minimum absolute atomic E-state index is 0. The number of aliphatic imine (C=N–C) groups is 1. The fourth-order valence-electron chi connectivity index (χ4n) is 1.57. The summed E-state index contributed by atoms with van der Waals surface area (Å²) < 4.78 is 0. The summed E-state index contributed by atoms with van der Waals surface area (Å²) in [7, 11) is 0. The third-order valence-electron chi connectivity index (χ3n) is 2.70. The zero-order valence-electron chi connectivity index (χ0n) is 13.3. The lowest BCUT2D eigenvalue weighted by Crippen LogP contribution is -2.37. The summed E-state index contributed by atoms with van der Waals surface area (Å²) in [6.45, 7) is 8.90. The molecule has 1 aromatic heterocycles. The molecule has 0 saturated heterocycles. The highest BCUT2D eigenvalue weighted by Crippen LogP contribution is 2.18. The summed E-state index contributed by atoms with van der Waals surface area (Å²) in [5.74, 6) is 2.55. The Labute approximate surface area is 154 Å². The molecule has 0 aliphatic heterocycles. The molecule has 0 spiro atoms. The Bertz CT molecular complexity index is 407. The van der Waals surface area contributed by atoms with E-state index in [0.717, 1.165) is 36.2 Å². The number of thioether (sulfide) groups is 1. The molecule has 0 saturated carbocycles. The van der Waals surface area contributed by atoms with E-state index < -0.39 is 0 Å². The van der Waals surface area contributed by atoms with E-state index in [1.807, 2.05) is 11.8 Å². The van der Waals surface area contributed by atoms with Crippen LogP contribution in [-0.2, 0) is 6.54 Å². The van der Waals surface area contributed by atoms with Gasteiger partial charge in [-0.15, -0.1) is 35.3 Å². The summed E-state index contributed by atoms with van der Waals surface area (Å²) in [4.78, 5) is 9.19. The minimum Gasteiger partial charge on any atom is -0.357 e. The lowest BCUT2D eigenvalue weighted by atomic mass is 10.2. The van der Waals surface area contributed by atoms with Crippen molar-refractivity contribution < 1.29 is 0 Å². The van der Waals surface area contributed by atoms with E-state index >= 15 is 0 Å². The van der Waals surface area contributed by atoms with Crippen LogP contribution in [0.4, 0.5) is 0 Å². The van der Waals surface area contributed by atoms with Crippen molar-refractivity contribution in [3.8, 4) is 0 Å². The van der Waals surface area contributed by atoms with Gasteiger partial charge in [0.1, 0.15) is 5.01 Å². The summed E-state index contributed by atoms with van der Waals surface area (Å²) in [6, 6.07) is 0. The first kappa shape index (κ1) is 21.0. The third kappa shape index (κ3) is 8.87. The van der Waals surface area contributed by atoms with Crippen molar-refractivity contribution in [3.63, 3.8) is 0 Å². The smallest absolute Gasteiger partial charge is 0.191 e. The number of rotatable bonds is 8. The standard InChI is InChI=1S/C14H26N4S2.HI/c1-5-15-14(16-7-6-8-19-4)17-9-13-18-12(10-20-13)11(2)3;/h10-11H,5-9H2,1-4H3,(H2,15,16,17);1H. The van der Waals surface area contributed by atoms with Gasteiger partial charge in [-0.25, -0.2) is 9.98 Å². The number of halogens is 1. The molecule has 0 aliphatic carbocycles. The molecule has 0 aliphatic rings. The van der Waals surface area contributed by atoms with Crippen molar-refractivity contribution in [3.05, 3.63) is 16.1 Å². The van der Waals surface area contributed by atoms with Crippen LogP contribution in [0.15, 0.2) is 10.4 Å². The van der Waals surface area contributed by atoms with Crippen LogP contribution in [0.5, 0.6) is 0 Å². The average molecular weight is 442 g/mol. The molecule has 0 amide bonds. The molecule has 2 N–H and O–H groups in total. The van der Waals surface area contributed by atoms with E-state index in [2.05, 4.69) is 53.0 Å². The summed E-state index contributed by atoms with van der Waals surface area (Å²) in [5.41, 5.74) is 1.16. The van der Waals surface area contributed by atoms with Gasteiger partial charge >= 0.3 is 0 Å². The van der Waals surface area contributed by atoms with Crippen molar-refractivity contribution in [2.75, 3.05) is 25.1 Å². The second-order valence-electron chi connectivity index (χ2n) is 4.79. The first-order valence-electron chi connectivity index (χ1n) is 7.12. The van der Waals surface area contributed by atoms with Gasteiger partial charge in [-0.2, -0.15) is 11.8 Å². The monoisotopic (exact) mass is 442 g/mol. The van der Waals surface area contributed by atoms with E-state index in [0.29, 0.717) is 12.5 Å². The topological polar surface area (TPSA) is 49.3 Å². The molecule has 7 heteroatoms. The Morgan fingerprint density at radius 2 is 2.19 bits per heavy atom. The molecule has 21 heavy (non-hydrogen) atoms. The highest BCUT2D eigenvalue weighted by molar-refractivity contribution is 14.0. The number of nitrogens with zero attached hydrogens (tertiary/aromatic N) is 2. The molecular formula is C14H27IN4S2. The lowest BCUT2D eigenvalue weighted by molar-refractivity contribution is 0.785. The van der Waals surface area contributed by atoms with Crippen LogP contribution in [0.2, 0.25) is 0 Å². The molecule has 0 aromatic carbocycles. The highest BCUT2D eigenvalue weighted by Gasteiger charge is 2.05. The molecule has 0 bridgehead atoms. The van der Waals surface area contributed by atoms with Crippen molar-refractivity contribution in [2.24, 2.45) is 4.99 Å². The molecule has 1 aromatic rings. The lowest BCUT2D eigenvalue weighted by Gasteiger charge is -2.10. The number of thiazole rings is 1. The Balaban J connectivity index is 0.00000400. The molecule has 0 radical (unpaired) electrons. The molecule has 4 nitrogen and oxygen atoms in total. The van der Waals surface area contributed by atoms with Crippen LogP contribution < -0.4 is 10.6 Å².